The third-order valence-corrected chi connectivity index (χ3v) is 2.41. The molecule has 0 amide bonds. The van der Waals surface area contributed by atoms with Crippen LogP contribution in [0.4, 0.5) is 0 Å². The number of halogens is 1. The first-order chi connectivity index (χ1) is 7.31. The van der Waals surface area contributed by atoms with Crippen LogP contribution in [0, 0.1) is 0 Å². The summed E-state index contributed by atoms with van der Waals surface area (Å²) in [5.74, 6) is 0.951. The van der Waals surface area contributed by atoms with Gasteiger partial charge in [-0.2, -0.15) is 10.1 Å². The first-order valence-corrected chi connectivity index (χ1v) is 5.22. The van der Waals surface area contributed by atoms with Gasteiger partial charge in [0.25, 0.3) is 5.89 Å². The van der Waals surface area contributed by atoms with E-state index in [2.05, 4.69) is 27.3 Å². The first kappa shape index (κ1) is 10.2. The van der Waals surface area contributed by atoms with E-state index >= 15 is 0 Å². The maximum Gasteiger partial charge on any atom is 0.275 e. The average molecular weight is 227 g/mol. The van der Waals surface area contributed by atoms with Crippen molar-refractivity contribution in [2.24, 2.45) is 0 Å². The van der Waals surface area contributed by atoms with Crippen molar-refractivity contribution in [2.45, 2.75) is 25.1 Å². The molecule has 2 aromatic rings. The lowest BCUT2D eigenvalue weighted by Gasteiger charge is -1.99. The van der Waals surface area contributed by atoms with E-state index in [1.54, 1.807) is 12.3 Å². The molecule has 0 aliphatic rings. The van der Waals surface area contributed by atoms with E-state index in [1.165, 1.54) is 0 Å². The van der Waals surface area contributed by atoms with Crippen LogP contribution in [0.1, 0.15) is 31.0 Å². The molecule has 6 heteroatoms. The molecule has 1 N–H and O–H groups in total. The second-order valence-electron chi connectivity index (χ2n) is 3.18. The number of H-pyrrole nitrogens is 1. The average Bonchev–Trinajstić information content (AvgIpc) is 2.89. The lowest BCUT2D eigenvalue weighted by molar-refractivity contribution is 0.419. The summed E-state index contributed by atoms with van der Waals surface area (Å²) < 4.78 is 5.06. The van der Waals surface area contributed by atoms with E-state index < -0.39 is 0 Å². The van der Waals surface area contributed by atoms with Crippen LogP contribution in [0.2, 0.25) is 0 Å². The Hall–Kier alpha value is -1.36. The predicted molar refractivity (Wildman–Crippen MR) is 55.4 cm³/mol. The highest BCUT2D eigenvalue weighted by molar-refractivity contribution is 6.20. The van der Waals surface area contributed by atoms with Gasteiger partial charge in [-0.15, -0.1) is 11.6 Å². The fraction of sp³-hybridized carbons (Fsp3) is 0.444. The van der Waals surface area contributed by atoms with Gasteiger partial charge in [-0.25, -0.2) is 0 Å². The highest BCUT2D eigenvalue weighted by atomic mass is 35.5. The van der Waals surface area contributed by atoms with Gasteiger partial charge < -0.3 is 4.52 Å². The Morgan fingerprint density at radius 1 is 1.60 bits per heavy atom. The zero-order valence-electron chi connectivity index (χ0n) is 8.27. The molecule has 0 saturated carbocycles. The first-order valence-electron chi connectivity index (χ1n) is 4.78. The molecule has 0 aliphatic heterocycles. The molecule has 1 atom stereocenters. The lowest BCUT2D eigenvalue weighted by Crippen LogP contribution is -1.92. The van der Waals surface area contributed by atoms with Crippen molar-refractivity contribution in [3.63, 3.8) is 0 Å². The molecule has 2 aromatic heterocycles. The lowest BCUT2D eigenvalue weighted by atomic mass is 10.2. The molecule has 0 fully saturated rings. The number of rotatable bonds is 4. The summed E-state index contributed by atoms with van der Waals surface area (Å²) in [6, 6.07) is 1.76. The predicted octanol–water partition coefficient (Wildman–Crippen LogP) is 2.54. The Morgan fingerprint density at radius 3 is 3.13 bits per heavy atom. The second kappa shape index (κ2) is 4.44. The number of nitrogens with zero attached hydrogens (tertiary/aromatic N) is 3. The van der Waals surface area contributed by atoms with Crippen molar-refractivity contribution < 1.29 is 4.52 Å². The van der Waals surface area contributed by atoms with E-state index in [1.807, 2.05) is 0 Å². The summed E-state index contributed by atoms with van der Waals surface area (Å²) in [4.78, 5) is 4.19. The Bertz CT molecular complexity index is 411. The number of aromatic amines is 1. The fourth-order valence-electron chi connectivity index (χ4n) is 1.23. The molecular formula is C9H11ClN4O. The molecule has 0 aromatic carbocycles. The van der Waals surface area contributed by atoms with Crippen LogP contribution >= 0.6 is 11.6 Å². The molecule has 2 heterocycles. The van der Waals surface area contributed by atoms with Gasteiger partial charge in [0.2, 0.25) is 0 Å². The van der Waals surface area contributed by atoms with Crippen molar-refractivity contribution in [1.82, 2.24) is 20.3 Å². The van der Waals surface area contributed by atoms with Crippen molar-refractivity contribution >= 4 is 11.6 Å². The normalized spacial score (nSPS) is 12.9. The summed E-state index contributed by atoms with van der Waals surface area (Å²) in [6.45, 7) is 2.06. The maximum atomic E-state index is 6.07. The van der Waals surface area contributed by atoms with Gasteiger partial charge in [0.1, 0.15) is 5.69 Å². The molecule has 80 valence electrons. The minimum Gasteiger partial charge on any atom is -0.332 e. The van der Waals surface area contributed by atoms with E-state index in [-0.39, 0.29) is 5.38 Å². The van der Waals surface area contributed by atoms with E-state index in [9.17, 15) is 0 Å². The van der Waals surface area contributed by atoms with Gasteiger partial charge in [0, 0.05) is 6.20 Å². The van der Waals surface area contributed by atoms with Crippen LogP contribution in [0.15, 0.2) is 16.8 Å². The molecule has 2 rings (SSSR count). The Morgan fingerprint density at radius 2 is 2.47 bits per heavy atom. The van der Waals surface area contributed by atoms with Crippen molar-refractivity contribution in [3.05, 3.63) is 18.1 Å². The topological polar surface area (TPSA) is 67.6 Å². The standard InChI is InChI=1S/C9H11ClN4O/c1-2-3-6(10)8-12-9(15-14-8)7-4-5-11-13-7/h4-6H,2-3H2,1H3,(H,11,13). The summed E-state index contributed by atoms with van der Waals surface area (Å²) in [7, 11) is 0. The summed E-state index contributed by atoms with van der Waals surface area (Å²) in [5.41, 5.74) is 0.703. The number of alkyl halides is 1. The fourth-order valence-corrected chi connectivity index (χ4v) is 1.54. The van der Waals surface area contributed by atoms with E-state index in [0.717, 1.165) is 12.8 Å². The Kier molecular flexibility index (Phi) is 3.01. The quantitative estimate of drug-likeness (QED) is 0.814. The van der Waals surface area contributed by atoms with Gasteiger partial charge in [-0.3, -0.25) is 5.10 Å². The molecule has 0 aliphatic carbocycles. The largest absolute Gasteiger partial charge is 0.332 e. The molecule has 0 saturated heterocycles. The van der Waals surface area contributed by atoms with Crippen molar-refractivity contribution in [3.8, 4) is 11.6 Å². The van der Waals surface area contributed by atoms with Gasteiger partial charge in [0.15, 0.2) is 5.82 Å². The third-order valence-electron chi connectivity index (χ3n) is 2.00. The number of hydrogen-bond acceptors (Lipinski definition) is 4. The van der Waals surface area contributed by atoms with Gasteiger partial charge in [-0.1, -0.05) is 18.5 Å². The molecule has 1 unspecified atom stereocenters. The summed E-state index contributed by atoms with van der Waals surface area (Å²) >= 11 is 6.07. The van der Waals surface area contributed by atoms with Crippen molar-refractivity contribution in [2.75, 3.05) is 0 Å². The second-order valence-corrected chi connectivity index (χ2v) is 3.71. The molecule has 0 spiro atoms. The Labute approximate surface area is 91.8 Å². The zero-order valence-corrected chi connectivity index (χ0v) is 9.03. The smallest absolute Gasteiger partial charge is 0.275 e. The molecular weight excluding hydrogens is 216 g/mol. The molecule has 0 radical (unpaired) electrons. The van der Waals surface area contributed by atoms with Crippen LogP contribution in [0.5, 0.6) is 0 Å². The highest BCUT2D eigenvalue weighted by Gasteiger charge is 2.16. The van der Waals surface area contributed by atoms with Crippen molar-refractivity contribution in [1.29, 1.82) is 0 Å². The van der Waals surface area contributed by atoms with Crippen LogP contribution in [0.3, 0.4) is 0 Å². The summed E-state index contributed by atoms with van der Waals surface area (Å²) in [5, 5.41) is 10.2. The third kappa shape index (κ3) is 2.18. The molecule has 5 nitrogen and oxygen atoms in total. The number of hydrogen-bond donors (Lipinski definition) is 1. The highest BCUT2D eigenvalue weighted by Crippen LogP contribution is 2.24. The van der Waals surface area contributed by atoms with Gasteiger partial charge >= 0.3 is 0 Å². The van der Waals surface area contributed by atoms with Crippen LogP contribution in [-0.2, 0) is 0 Å². The van der Waals surface area contributed by atoms with Gasteiger partial charge in [-0.05, 0) is 12.5 Å². The van der Waals surface area contributed by atoms with E-state index in [0.29, 0.717) is 17.4 Å². The SMILES string of the molecule is CCCC(Cl)c1noc(-c2ccn[nH]2)n1. The van der Waals surface area contributed by atoms with Crippen LogP contribution < -0.4 is 0 Å². The number of aromatic nitrogens is 4. The maximum absolute atomic E-state index is 6.07. The van der Waals surface area contributed by atoms with E-state index in [4.69, 9.17) is 16.1 Å². The Balaban J connectivity index is 2.17. The molecule has 15 heavy (non-hydrogen) atoms. The van der Waals surface area contributed by atoms with Gasteiger partial charge in [0.05, 0.1) is 5.38 Å². The zero-order chi connectivity index (χ0) is 10.7. The molecule has 0 bridgehead atoms. The van der Waals surface area contributed by atoms with Crippen LogP contribution in [-0.4, -0.2) is 20.3 Å². The minimum absolute atomic E-state index is 0.185. The minimum atomic E-state index is -0.185. The van der Waals surface area contributed by atoms with Crippen LogP contribution in [0.25, 0.3) is 11.6 Å². The monoisotopic (exact) mass is 226 g/mol. The summed E-state index contributed by atoms with van der Waals surface area (Å²) in [6.07, 6.45) is 3.45. The number of nitrogens with one attached hydrogen (secondary N) is 1.